The van der Waals surface area contributed by atoms with Crippen LogP contribution in [0.4, 0.5) is 4.79 Å². The molecule has 0 spiro atoms. The first-order chi connectivity index (χ1) is 7.85. The zero-order chi connectivity index (χ0) is 13.3. The van der Waals surface area contributed by atoms with Crippen LogP contribution in [-0.2, 0) is 9.47 Å². The molecule has 3 N–H and O–H groups in total. The van der Waals surface area contributed by atoms with Crippen LogP contribution in [0.3, 0.4) is 0 Å². The smallest absolute Gasteiger partial charge is 0.407 e. The number of alkyl carbamates (subject to hydrolysis) is 1. The number of hydrogen-bond acceptors (Lipinski definition) is 4. The summed E-state index contributed by atoms with van der Waals surface area (Å²) in [5, 5.41) is 3.14. The SMILES string of the molecule is CC(C)(C)OC(=O)NCCOCC/C(Cl)=C\N. The minimum Gasteiger partial charge on any atom is -0.444 e. The van der Waals surface area contributed by atoms with Crippen LogP contribution in [-0.4, -0.2) is 31.5 Å². The molecule has 0 saturated carbocycles. The molecule has 0 heterocycles. The van der Waals surface area contributed by atoms with Crippen molar-refractivity contribution in [3.8, 4) is 0 Å². The molecule has 0 aromatic heterocycles. The molecule has 0 aliphatic carbocycles. The van der Waals surface area contributed by atoms with Crippen molar-refractivity contribution < 1.29 is 14.3 Å². The largest absolute Gasteiger partial charge is 0.444 e. The standard InChI is InChI=1S/C11H21ClN2O3/c1-11(2,3)17-10(15)14-5-7-16-6-4-9(12)8-13/h8H,4-7,13H2,1-3H3,(H,14,15)/b9-8+. The number of halogens is 1. The fourth-order valence-corrected chi connectivity index (χ4v) is 0.972. The summed E-state index contributed by atoms with van der Waals surface area (Å²) in [6.45, 7) is 6.72. The van der Waals surface area contributed by atoms with Crippen molar-refractivity contribution in [3.05, 3.63) is 11.2 Å². The molecule has 0 bridgehead atoms. The summed E-state index contributed by atoms with van der Waals surface area (Å²) in [5.41, 5.74) is 4.71. The molecule has 0 aliphatic rings. The van der Waals surface area contributed by atoms with E-state index in [1.165, 1.54) is 6.20 Å². The van der Waals surface area contributed by atoms with Crippen molar-refractivity contribution in [2.45, 2.75) is 32.8 Å². The van der Waals surface area contributed by atoms with E-state index < -0.39 is 11.7 Å². The molecule has 0 unspecified atom stereocenters. The summed E-state index contributed by atoms with van der Waals surface area (Å²) < 4.78 is 10.3. The van der Waals surface area contributed by atoms with Gasteiger partial charge in [0, 0.05) is 24.2 Å². The van der Waals surface area contributed by atoms with Crippen molar-refractivity contribution >= 4 is 17.7 Å². The van der Waals surface area contributed by atoms with Crippen LogP contribution in [0, 0.1) is 0 Å². The molecule has 0 saturated heterocycles. The van der Waals surface area contributed by atoms with E-state index in [0.29, 0.717) is 31.2 Å². The molecular weight excluding hydrogens is 244 g/mol. The Kier molecular flexibility index (Phi) is 7.74. The molecule has 0 aromatic carbocycles. The third kappa shape index (κ3) is 11.3. The van der Waals surface area contributed by atoms with Crippen LogP contribution < -0.4 is 11.1 Å². The van der Waals surface area contributed by atoms with Gasteiger partial charge in [-0.3, -0.25) is 0 Å². The zero-order valence-electron chi connectivity index (χ0n) is 10.6. The van der Waals surface area contributed by atoms with Crippen LogP contribution in [0.5, 0.6) is 0 Å². The van der Waals surface area contributed by atoms with E-state index in [4.69, 9.17) is 26.8 Å². The number of nitrogens with two attached hydrogens (primary N) is 1. The Bertz CT molecular complexity index is 262. The van der Waals surface area contributed by atoms with Gasteiger partial charge in [-0.25, -0.2) is 4.79 Å². The molecule has 1 amide bonds. The highest BCUT2D eigenvalue weighted by Crippen LogP contribution is 2.06. The predicted molar refractivity (Wildman–Crippen MR) is 67.8 cm³/mol. The summed E-state index contributed by atoms with van der Waals surface area (Å²) >= 11 is 5.67. The predicted octanol–water partition coefficient (Wildman–Crippen LogP) is 1.96. The zero-order valence-corrected chi connectivity index (χ0v) is 11.3. The number of amides is 1. The Labute approximate surface area is 107 Å². The molecular formula is C11H21ClN2O3. The maximum Gasteiger partial charge on any atom is 0.407 e. The lowest BCUT2D eigenvalue weighted by atomic mass is 10.2. The highest BCUT2D eigenvalue weighted by atomic mass is 35.5. The third-order valence-corrected chi connectivity index (χ3v) is 1.90. The van der Waals surface area contributed by atoms with Gasteiger partial charge in [0.25, 0.3) is 0 Å². The molecule has 5 nitrogen and oxygen atoms in total. The minimum absolute atomic E-state index is 0.402. The molecule has 0 aromatic rings. The Balaban J connectivity index is 3.43. The van der Waals surface area contributed by atoms with Gasteiger partial charge < -0.3 is 20.5 Å². The van der Waals surface area contributed by atoms with Gasteiger partial charge in [-0.05, 0) is 20.8 Å². The molecule has 100 valence electrons. The van der Waals surface area contributed by atoms with Gasteiger partial charge in [0.2, 0.25) is 0 Å². The lowest BCUT2D eigenvalue weighted by Gasteiger charge is -2.19. The van der Waals surface area contributed by atoms with E-state index in [1.54, 1.807) is 0 Å². The second-order valence-electron chi connectivity index (χ2n) is 4.40. The highest BCUT2D eigenvalue weighted by Gasteiger charge is 2.15. The second kappa shape index (κ2) is 8.20. The Morgan fingerprint density at radius 2 is 2.06 bits per heavy atom. The Morgan fingerprint density at radius 3 is 2.59 bits per heavy atom. The van der Waals surface area contributed by atoms with Gasteiger partial charge in [-0.1, -0.05) is 11.6 Å². The van der Waals surface area contributed by atoms with Gasteiger partial charge in [-0.15, -0.1) is 0 Å². The monoisotopic (exact) mass is 264 g/mol. The first-order valence-corrected chi connectivity index (χ1v) is 5.84. The maximum atomic E-state index is 11.2. The number of ether oxygens (including phenoxy) is 2. The van der Waals surface area contributed by atoms with E-state index in [-0.39, 0.29) is 0 Å². The Morgan fingerprint density at radius 1 is 1.41 bits per heavy atom. The minimum atomic E-state index is -0.482. The third-order valence-electron chi connectivity index (χ3n) is 1.58. The van der Waals surface area contributed by atoms with Crippen LogP contribution in [0.1, 0.15) is 27.2 Å². The number of hydrogen-bond donors (Lipinski definition) is 2. The first kappa shape index (κ1) is 16.1. The number of carbonyl (C=O) groups excluding carboxylic acids is 1. The quantitative estimate of drug-likeness (QED) is 0.719. The van der Waals surface area contributed by atoms with Gasteiger partial charge in [-0.2, -0.15) is 0 Å². The van der Waals surface area contributed by atoms with Gasteiger partial charge in [0.05, 0.1) is 13.2 Å². The van der Waals surface area contributed by atoms with Crippen molar-refractivity contribution in [1.82, 2.24) is 5.32 Å². The van der Waals surface area contributed by atoms with E-state index >= 15 is 0 Å². The fourth-order valence-electron chi connectivity index (χ4n) is 0.895. The number of carbonyl (C=O) groups is 1. The van der Waals surface area contributed by atoms with Gasteiger partial charge in [0.15, 0.2) is 0 Å². The number of rotatable bonds is 6. The highest BCUT2D eigenvalue weighted by molar-refractivity contribution is 6.29. The van der Waals surface area contributed by atoms with Crippen LogP contribution in [0.25, 0.3) is 0 Å². The Hall–Kier alpha value is -0.940. The van der Waals surface area contributed by atoms with Crippen LogP contribution >= 0.6 is 11.6 Å². The van der Waals surface area contributed by atoms with E-state index in [9.17, 15) is 4.79 Å². The second-order valence-corrected chi connectivity index (χ2v) is 4.89. The van der Waals surface area contributed by atoms with Crippen molar-refractivity contribution in [1.29, 1.82) is 0 Å². The average molecular weight is 265 g/mol. The molecule has 0 radical (unpaired) electrons. The molecule has 0 aliphatic heterocycles. The van der Waals surface area contributed by atoms with Gasteiger partial charge in [0.1, 0.15) is 5.60 Å². The summed E-state index contributed by atoms with van der Waals surface area (Å²) in [6.07, 6.45) is 1.47. The summed E-state index contributed by atoms with van der Waals surface area (Å²) in [6, 6.07) is 0. The molecule has 0 atom stereocenters. The van der Waals surface area contributed by atoms with Crippen molar-refractivity contribution in [2.75, 3.05) is 19.8 Å². The lowest BCUT2D eigenvalue weighted by molar-refractivity contribution is 0.0500. The van der Waals surface area contributed by atoms with E-state index in [1.807, 2.05) is 20.8 Å². The topological polar surface area (TPSA) is 73.6 Å². The summed E-state index contributed by atoms with van der Waals surface area (Å²) in [5.74, 6) is 0. The maximum absolute atomic E-state index is 11.2. The first-order valence-electron chi connectivity index (χ1n) is 5.46. The summed E-state index contributed by atoms with van der Waals surface area (Å²) in [4.78, 5) is 11.2. The lowest BCUT2D eigenvalue weighted by Crippen LogP contribution is -2.34. The normalized spacial score (nSPS) is 12.4. The molecule has 6 heteroatoms. The van der Waals surface area contributed by atoms with Crippen molar-refractivity contribution in [2.24, 2.45) is 5.73 Å². The molecule has 0 rings (SSSR count). The van der Waals surface area contributed by atoms with Crippen molar-refractivity contribution in [3.63, 3.8) is 0 Å². The number of nitrogens with one attached hydrogen (secondary N) is 1. The molecule has 0 fully saturated rings. The molecule has 17 heavy (non-hydrogen) atoms. The van der Waals surface area contributed by atoms with Gasteiger partial charge >= 0.3 is 6.09 Å². The average Bonchev–Trinajstić information content (AvgIpc) is 2.20. The van der Waals surface area contributed by atoms with E-state index in [0.717, 1.165) is 0 Å². The van der Waals surface area contributed by atoms with Crippen LogP contribution in [0.2, 0.25) is 0 Å². The van der Waals surface area contributed by atoms with Crippen LogP contribution in [0.15, 0.2) is 11.2 Å². The summed E-state index contributed by atoms with van der Waals surface area (Å²) in [7, 11) is 0. The van der Waals surface area contributed by atoms with E-state index in [2.05, 4.69) is 5.32 Å². The fraction of sp³-hybridized carbons (Fsp3) is 0.727.